The Labute approximate surface area is 196 Å². The average Bonchev–Trinajstić information content (AvgIpc) is 3.33. The Balaban J connectivity index is 1.67. The van der Waals surface area contributed by atoms with E-state index in [4.69, 9.17) is 4.74 Å². The molecule has 4 atom stereocenters. The van der Waals surface area contributed by atoms with Gasteiger partial charge in [-0.1, -0.05) is 13.3 Å². The molecule has 33 heavy (non-hydrogen) atoms. The van der Waals surface area contributed by atoms with Gasteiger partial charge in [-0.15, -0.1) is 0 Å². The first-order valence-electron chi connectivity index (χ1n) is 11.6. The number of amides is 2. The summed E-state index contributed by atoms with van der Waals surface area (Å²) in [7, 11) is -2.02. The Kier molecular flexibility index (Phi) is 7.68. The number of sulfonamides is 1. The van der Waals surface area contributed by atoms with Gasteiger partial charge in [0.2, 0.25) is 15.9 Å². The number of nitrogens with zero attached hydrogens (tertiary/aromatic N) is 3. The molecular formula is C23H36N4O5S. The Morgan fingerprint density at radius 3 is 2.64 bits per heavy atom. The van der Waals surface area contributed by atoms with Gasteiger partial charge in [0, 0.05) is 38.6 Å². The molecule has 2 fully saturated rings. The molecule has 1 unspecified atom stereocenters. The van der Waals surface area contributed by atoms with Gasteiger partial charge in [0.25, 0.3) is 0 Å². The third-order valence-corrected chi connectivity index (χ3v) is 8.25. The third kappa shape index (κ3) is 5.84. The zero-order valence-corrected chi connectivity index (χ0v) is 21.0. The number of pyridine rings is 1. The van der Waals surface area contributed by atoms with Crippen LogP contribution in [0.2, 0.25) is 0 Å². The highest BCUT2D eigenvalue weighted by molar-refractivity contribution is 7.89. The maximum atomic E-state index is 13.2. The van der Waals surface area contributed by atoms with Crippen LogP contribution in [0.4, 0.5) is 4.79 Å². The van der Waals surface area contributed by atoms with Crippen LogP contribution in [0.3, 0.4) is 0 Å². The largest absolute Gasteiger partial charge is 0.444 e. The molecule has 2 aliphatic rings. The van der Waals surface area contributed by atoms with Crippen LogP contribution in [-0.4, -0.2) is 72.4 Å². The van der Waals surface area contributed by atoms with Crippen molar-refractivity contribution in [1.82, 2.24) is 19.5 Å². The van der Waals surface area contributed by atoms with Crippen LogP contribution in [-0.2, 0) is 19.6 Å². The molecule has 1 aliphatic heterocycles. The van der Waals surface area contributed by atoms with E-state index in [1.165, 1.54) is 15.4 Å². The highest BCUT2D eigenvalue weighted by Crippen LogP contribution is 2.40. The molecule has 1 N–H and O–H groups in total. The number of carbonyl (C=O) groups is 2. The van der Waals surface area contributed by atoms with Gasteiger partial charge in [-0.25, -0.2) is 13.2 Å². The minimum Gasteiger partial charge on any atom is -0.444 e. The lowest BCUT2D eigenvalue weighted by Gasteiger charge is -2.31. The van der Waals surface area contributed by atoms with Crippen LogP contribution in [0.15, 0.2) is 29.4 Å². The zero-order chi connectivity index (χ0) is 24.4. The van der Waals surface area contributed by atoms with Crippen molar-refractivity contribution in [3.63, 3.8) is 0 Å². The van der Waals surface area contributed by atoms with E-state index < -0.39 is 27.8 Å². The molecular weight excluding hydrogens is 444 g/mol. The topological polar surface area (TPSA) is 109 Å². The van der Waals surface area contributed by atoms with Crippen LogP contribution in [0.1, 0.15) is 53.4 Å². The second kappa shape index (κ2) is 9.97. The highest BCUT2D eigenvalue weighted by Gasteiger charge is 2.47. The number of ether oxygens (including phenoxy) is 1. The Bertz CT molecular complexity index is 947. The molecule has 1 aromatic heterocycles. The monoisotopic (exact) mass is 480 g/mol. The van der Waals surface area contributed by atoms with Gasteiger partial charge in [-0.2, -0.15) is 4.31 Å². The summed E-state index contributed by atoms with van der Waals surface area (Å²) >= 11 is 0. The lowest BCUT2D eigenvalue weighted by Crippen LogP contribution is -2.52. The fraction of sp³-hybridized carbons (Fsp3) is 0.696. The molecule has 3 rings (SSSR count). The number of carbonyl (C=O) groups excluding carboxylic acids is 2. The summed E-state index contributed by atoms with van der Waals surface area (Å²) in [5.74, 6) is 0.0360. The fourth-order valence-corrected chi connectivity index (χ4v) is 6.26. The van der Waals surface area contributed by atoms with Crippen molar-refractivity contribution in [2.75, 3.05) is 20.1 Å². The molecule has 1 aromatic rings. The van der Waals surface area contributed by atoms with E-state index >= 15 is 0 Å². The molecule has 0 spiro atoms. The first kappa shape index (κ1) is 25.4. The number of rotatable bonds is 7. The Morgan fingerprint density at radius 1 is 1.30 bits per heavy atom. The maximum absolute atomic E-state index is 13.2. The van der Waals surface area contributed by atoms with E-state index in [-0.39, 0.29) is 28.7 Å². The summed E-state index contributed by atoms with van der Waals surface area (Å²) in [4.78, 5) is 31.2. The number of hydrogen-bond acceptors (Lipinski definition) is 6. The zero-order valence-electron chi connectivity index (χ0n) is 20.2. The van der Waals surface area contributed by atoms with Crippen molar-refractivity contribution in [1.29, 1.82) is 0 Å². The predicted molar refractivity (Wildman–Crippen MR) is 124 cm³/mol. The van der Waals surface area contributed by atoms with Gasteiger partial charge in [0.15, 0.2) is 0 Å². The van der Waals surface area contributed by atoms with E-state index in [0.717, 1.165) is 19.3 Å². The number of likely N-dealkylation sites (N-methyl/N-ethyl adjacent to an activating group) is 1. The normalized spacial score (nSPS) is 24.2. The molecule has 2 heterocycles. The quantitative estimate of drug-likeness (QED) is 0.643. The third-order valence-electron chi connectivity index (χ3n) is 6.44. The van der Waals surface area contributed by atoms with Crippen molar-refractivity contribution < 1.29 is 22.7 Å². The standard InChI is InChI=1S/C23H36N4O5S/c1-6-8-20(26(5)22(29)32-23(2,3)4)21(28)25-19-11-10-16-14-27(15-18(16)19)33(30,31)17-9-7-12-24-13-17/h7,9,12-13,16,18-20H,6,8,10-11,14-15H2,1-5H3,(H,25,28)/t16-,18+,19+,20?/m1/s1. The minimum atomic E-state index is -3.61. The molecule has 1 saturated heterocycles. The minimum absolute atomic E-state index is 0.0505. The van der Waals surface area contributed by atoms with Crippen molar-refractivity contribution in [3.05, 3.63) is 24.5 Å². The van der Waals surface area contributed by atoms with E-state index in [2.05, 4.69) is 10.3 Å². The van der Waals surface area contributed by atoms with Crippen LogP contribution in [0.5, 0.6) is 0 Å². The maximum Gasteiger partial charge on any atom is 0.410 e. The van der Waals surface area contributed by atoms with Crippen molar-refractivity contribution in [2.24, 2.45) is 11.8 Å². The molecule has 10 heteroatoms. The summed E-state index contributed by atoms with van der Waals surface area (Å²) in [6, 6.07) is 2.41. The Morgan fingerprint density at radius 2 is 2.03 bits per heavy atom. The SMILES string of the molecule is CCCC(C(=O)N[C@H]1CC[C@@H]2CN(S(=O)(=O)c3cccnc3)C[C@@H]21)N(C)C(=O)OC(C)(C)C. The van der Waals surface area contributed by atoms with Crippen LogP contribution >= 0.6 is 0 Å². The summed E-state index contributed by atoms with van der Waals surface area (Å²) in [6.07, 6.45) is 5.29. The second-order valence-electron chi connectivity index (χ2n) is 10.0. The van der Waals surface area contributed by atoms with E-state index in [0.29, 0.717) is 19.5 Å². The molecule has 0 bridgehead atoms. The van der Waals surface area contributed by atoms with Crippen LogP contribution < -0.4 is 5.32 Å². The molecule has 184 valence electrons. The summed E-state index contributed by atoms with van der Waals surface area (Å²) in [5, 5.41) is 3.12. The van der Waals surface area contributed by atoms with E-state index in [1.807, 2.05) is 6.92 Å². The van der Waals surface area contributed by atoms with Crippen molar-refractivity contribution in [3.8, 4) is 0 Å². The number of fused-ring (bicyclic) bond motifs is 1. The van der Waals surface area contributed by atoms with Gasteiger partial charge in [0.1, 0.15) is 16.5 Å². The fourth-order valence-electron chi connectivity index (χ4n) is 4.76. The van der Waals surface area contributed by atoms with Gasteiger partial charge < -0.3 is 10.1 Å². The van der Waals surface area contributed by atoms with Crippen molar-refractivity contribution >= 4 is 22.0 Å². The number of hydrogen-bond donors (Lipinski definition) is 1. The summed E-state index contributed by atoms with van der Waals surface area (Å²) < 4.78 is 33.0. The summed E-state index contributed by atoms with van der Waals surface area (Å²) in [5.41, 5.74) is -0.648. The smallest absolute Gasteiger partial charge is 0.410 e. The van der Waals surface area contributed by atoms with Gasteiger partial charge >= 0.3 is 6.09 Å². The Hall–Kier alpha value is -2.20. The van der Waals surface area contributed by atoms with Crippen molar-refractivity contribution in [2.45, 2.75) is 76.0 Å². The first-order valence-corrected chi connectivity index (χ1v) is 13.0. The second-order valence-corrected chi connectivity index (χ2v) is 12.0. The molecule has 0 aromatic carbocycles. The van der Waals surface area contributed by atoms with Crippen LogP contribution in [0.25, 0.3) is 0 Å². The van der Waals surface area contributed by atoms with Gasteiger partial charge in [0.05, 0.1) is 0 Å². The average molecular weight is 481 g/mol. The predicted octanol–water partition coefficient (Wildman–Crippen LogP) is 2.63. The first-order chi connectivity index (χ1) is 15.4. The van der Waals surface area contributed by atoms with Crippen LogP contribution in [0, 0.1) is 11.8 Å². The lowest BCUT2D eigenvalue weighted by molar-refractivity contribution is -0.127. The molecule has 0 radical (unpaired) electrons. The molecule has 9 nitrogen and oxygen atoms in total. The number of nitrogens with one attached hydrogen (secondary N) is 1. The highest BCUT2D eigenvalue weighted by atomic mass is 32.2. The van der Waals surface area contributed by atoms with Gasteiger partial charge in [-0.3, -0.25) is 14.7 Å². The van der Waals surface area contributed by atoms with E-state index in [9.17, 15) is 18.0 Å². The van der Waals surface area contributed by atoms with Gasteiger partial charge in [-0.05, 0) is 64.0 Å². The summed E-state index contributed by atoms with van der Waals surface area (Å²) in [6.45, 7) is 8.15. The molecule has 2 amide bonds. The lowest BCUT2D eigenvalue weighted by atomic mass is 9.97. The molecule has 1 aliphatic carbocycles. The van der Waals surface area contributed by atoms with E-state index in [1.54, 1.807) is 46.1 Å². The number of aromatic nitrogens is 1. The molecule has 1 saturated carbocycles.